The summed E-state index contributed by atoms with van der Waals surface area (Å²) in [5.41, 5.74) is 7.37. The van der Waals surface area contributed by atoms with Crippen LogP contribution in [0.3, 0.4) is 0 Å². The van der Waals surface area contributed by atoms with Gasteiger partial charge in [0.2, 0.25) is 0 Å². The Bertz CT molecular complexity index is 458. The number of methoxy groups -OCH3 is 2. The summed E-state index contributed by atoms with van der Waals surface area (Å²) in [6, 6.07) is 3.14. The maximum atomic E-state index is 11.2. The fourth-order valence-corrected chi connectivity index (χ4v) is 2.41. The van der Waals surface area contributed by atoms with E-state index in [0.717, 1.165) is 5.56 Å². The van der Waals surface area contributed by atoms with E-state index < -0.39 is 11.9 Å². The molecule has 0 bridgehead atoms. The summed E-state index contributed by atoms with van der Waals surface area (Å²) in [5, 5.41) is 9.21. The molecule has 0 saturated carbocycles. The number of hydrogen-bond acceptors (Lipinski definition) is 4. The second-order valence-corrected chi connectivity index (χ2v) is 4.03. The van der Waals surface area contributed by atoms with Crippen LogP contribution in [0.15, 0.2) is 12.1 Å². The second kappa shape index (κ2) is 4.25. The number of nitrogens with two attached hydrogens (primary N) is 1. The van der Waals surface area contributed by atoms with Crippen molar-refractivity contribution < 1.29 is 19.4 Å². The molecule has 1 aromatic carbocycles. The number of carbonyl (C=O) groups is 1. The van der Waals surface area contributed by atoms with Crippen molar-refractivity contribution in [2.45, 2.75) is 18.4 Å². The summed E-state index contributed by atoms with van der Waals surface area (Å²) in [7, 11) is 3.06. The zero-order valence-electron chi connectivity index (χ0n) is 9.77. The first-order valence-corrected chi connectivity index (χ1v) is 5.33. The first-order valence-electron chi connectivity index (χ1n) is 5.33. The molecule has 0 saturated heterocycles. The van der Waals surface area contributed by atoms with Crippen LogP contribution in [0.25, 0.3) is 0 Å². The van der Waals surface area contributed by atoms with Crippen molar-refractivity contribution in [3.05, 3.63) is 23.3 Å². The monoisotopic (exact) mass is 237 g/mol. The first-order chi connectivity index (χ1) is 8.10. The van der Waals surface area contributed by atoms with Gasteiger partial charge < -0.3 is 20.3 Å². The molecule has 5 heteroatoms. The van der Waals surface area contributed by atoms with Gasteiger partial charge in [-0.3, -0.25) is 4.79 Å². The summed E-state index contributed by atoms with van der Waals surface area (Å²) < 4.78 is 10.4. The van der Waals surface area contributed by atoms with Crippen LogP contribution in [-0.4, -0.2) is 25.3 Å². The SMILES string of the molecule is COc1ccc(OC)c2c1C(N)CC2C(=O)O. The minimum Gasteiger partial charge on any atom is -0.496 e. The molecule has 0 fully saturated rings. The lowest BCUT2D eigenvalue weighted by atomic mass is 10.00. The lowest BCUT2D eigenvalue weighted by Gasteiger charge is -2.14. The van der Waals surface area contributed by atoms with Crippen molar-refractivity contribution in [2.75, 3.05) is 14.2 Å². The Morgan fingerprint density at radius 1 is 1.29 bits per heavy atom. The first kappa shape index (κ1) is 11.7. The van der Waals surface area contributed by atoms with E-state index in [0.29, 0.717) is 23.5 Å². The number of fused-ring (bicyclic) bond motifs is 1. The molecule has 17 heavy (non-hydrogen) atoms. The van der Waals surface area contributed by atoms with Gasteiger partial charge in [0.1, 0.15) is 11.5 Å². The normalized spacial score (nSPS) is 22.1. The Kier molecular flexibility index (Phi) is 2.93. The third-order valence-electron chi connectivity index (χ3n) is 3.15. The summed E-state index contributed by atoms with van der Waals surface area (Å²) in [6.07, 6.45) is 0.376. The van der Waals surface area contributed by atoms with Crippen molar-refractivity contribution in [3.8, 4) is 11.5 Å². The van der Waals surface area contributed by atoms with Gasteiger partial charge in [-0.1, -0.05) is 0 Å². The summed E-state index contributed by atoms with van der Waals surface area (Å²) in [5.74, 6) is -0.325. The van der Waals surface area contributed by atoms with Gasteiger partial charge in [-0.2, -0.15) is 0 Å². The Hall–Kier alpha value is -1.75. The third-order valence-corrected chi connectivity index (χ3v) is 3.15. The molecule has 1 aliphatic rings. The topological polar surface area (TPSA) is 81.8 Å². The largest absolute Gasteiger partial charge is 0.496 e. The Balaban J connectivity index is 2.64. The number of carboxylic acid groups (broad SMARTS) is 1. The second-order valence-electron chi connectivity index (χ2n) is 4.03. The molecule has 92 valence electrons. The highest BCUT2D eigenvalue weighted by Crippen LogP contribution is 2.48. The predicted molar refractivity (Wildman–Crippen MR) is 61.5 cm³/mol. The number of hydrogen-bond donors (Lipinski definition) is 2. The Labute approximate surface area is 99.1 Å². The van der Waals surface area contributed by atoms with Crippen molar-refractivity contribution in [1.82, 2.24) is 0 Å². The molecular weight excluding hydrogens is 222 g/mol. The van der Waals surface area contributed by atoms with Crippen LogP contribution < -0.4 is 15.2 Å². The van der Waals surface area contributed by atoms with Gasteiger partial charge in [0.25, 0.3) is 0 Å². The van der Waals surface area contributed by atoms with Crippen LogP contribution in [0.2, 0.25) is 0 Å². The number of benzene rings is 1. The Morgan fingerprint density at radius 3 is 2.29 bits per heavy atom. The summed E-state index contributed by atoms with van der Waals surface area (Å²) >= 11 is 0. The summed E-state index contributed by atoms with van der Waals surface area (Å²) in [6.45, 7) is 0. The van der Waals surface area contributed by atoms with E-state index in [9.17, 15) is 9.90 Å². The number of aliphatic carboxylic acids is 1. The number of ether oxygens (including phenoxy) is 2. The molecule has 3 N–H and O–H groups in total. The van der Waals surface area contributed by atoms with Crippen LogP contribution in [0.5, 0.6) is 11.5 Å². The molecule has 0 spiro atoms. The lowest BCUT2D eigenvalue weighted by Crippen LogP contribution is -2.10. The maximum absolute atomic E-state index is 11.2. The molecule has 0 amide bonds. The average molecular weight is 237 g/mol. The van der Waals surface area contributed by atoms with Gasteiger partial charge in [-0.15, -0.1) is 0 Å². The molecule has 2 rings (SSSR count). The number of rotatable bonds is 3. The zero-order valence-corrected chi connectivity index (χ0v) is 9.77. The van der Waals surface area contributed by atoms with E-state index in [4.69, 9.17) is 15.2 Å². The highest BCUT2D eigenvalue weighted by molar-refractivity contribution is 5.80. The van der Waals surface area contributed by atoms with Gasteiger partial charge in [-0.05, 0) is 18.6 Å². The highest BCUT2D eigenvalue weighted by atomic mass is 16.5. The third kappa shape index (κ3) is 1.72. The molecular formula is C12H15NO4. The average Bonchev–Trinajstić information content (AvgIpc) is 2.67. The number of carboxylic acids is 1. The standard InChI is InChI=1S/C12H15NO4/c1-16-8-3-4-9(17-2)11-7(13)5-6(10(8)11)12(14)15/h3-4,6-7H,5,13H2,1-2H3,(H,14,15). The minimum absolute atomic E-state index is 0.323. The van der Waals surface area contributed by atoms with Gasteiger partial charge in [0, 0.05) is 17.2 Å². The Morgan fingerprint density at radius 2 is 1.82 bits per heavy atom. The molecule has 5 nitrogen and oxygen atoms in total. The molecule has 0 radical (unpaired) electrons. The van der Waals surface area contributed by atoms with Crippen LogP contribution in [-0.2, 0) is 4.79 Å². The van der Waals surface area contributed by atoms with Crippen LogP contribution in [0.4, 0.5) is 0 Å². The van der Waals surface area contributed by atoms with E-state index in [2.05, 4.69) is 0 Å². The van der Waals surface area contributed by atoms with Crippen molar-refractivity contribution >= 4 is 5.97 Å². The van der Waals surface area contributed by atoms with E-state index >= 15 is 0 Å². The quantitative estimate of drug-likeness (QED) is 0.827. The molecule has 1 aliphatic carbocycles. The van der Waals surface area contributed by atoms with Crippen LogP contribution >= 0.6 is 0 Å². The van der Waals surface area contributed by atoms with E-state index in [1.165, 1.54) is 7.11 Å². The predicted octanol–water partition coefficient (Wildman–Crippen LogP) is 1.28. The molecule has 0 heterocycles. The fraction of sp³-hybridized carbons (Fsp3) is 0.417. The molecule has 2 unspecified atom stereocenters. The zero-order chi connectivity index (χ0) is 12.6. The van der Waals surface area contributed by atoms with Crippen molar-refractivity contribution in [2.24, 2.45) is 5.73 Å². The van der Waals surface area contributed by atoms with Crippen LogP contribution in [0, 0.1) is 0 Å². The fourth-order valence-electron chi connectivity index (χ4n) is 2.41. The smallest absolute Gasteiger partial charge is 0.311 e. The molecule has 2 atom stereocenters. The van der Waals surface area contributed by atoms with Gasteiger partial charge in [0.05, 0.1) is 20.1 Å². The van der Waals surface area contributed by atoms with E-state index in [-0.39, 0.29) is 6.04 Å². The molecule has 0 aliphatic heterocycles. The van der Waals surface area contributed by atoms with E-state index in [1.54, 1.807) is 19.2 Å². The van der Waals surface area contributed by atoms with Crippen LogP contribution in [0.1, 0.15) is 29.5 Å². The summed E-state index contributed by atoms with van der Waals surface area (Å²) in [4.78, 5) is 11.2. The minimum atomic E-state index is -0.884. The molecule has 0 aromatic heterocycles. The molecule has 1 aromatic rings. The maximum Gasteiger partial charge on any atom is 0.311 e. The highest BCUT2D eigenvalue weighted by Gasteiger charge is 2.38. The van der Waals surface area contributed by atoms with Crippen molar-refractivity contribution in [3.63, 3.8) is 0 Å². The van der Waals surface area contributed by atoms with E-state index in [1.807, 2.05) is 0 Å². The van der Waals surface area contributed by atoms with Crippen molar-refractivity contribution in [1.29, 1.82) is 0 Å². The van der Waals surface area contributed by atoms with Gasteiger partial charge in [0.15, 0.2) is 0 Å². The van der Waals surface area contributed by atoms with Gasteiger partial charge in [-0.25, -0.2) is 0 Å². The van der Waals surface area contributed by atoms with Gasteiger partial charge >= 0.3 is 5.97 Å². The lowest BCUT2D eigenvalue weighted by molar-refractivity contribution is -0.138.